The zero-order valence-corrected chi connectivity index (χ0v) is 21.2. The van der Waals surface area contributed by atoms with Gasteiger partial charge in [-0.25, -0.2) is 0 Å². The van der Waals surface area contributed by atoms with E-state index < -0.39 is 0 Å². The smallest absolute Gasteiger partial charge is 0.251 e. The molecule has 0 unspecified atom stereocenters. The van der Waals surface area contributed by atoms with Crippen molar-refractivity contribution in [3.05, 3.63) is 59.7 Å². The molecule has 3 rings (SSSR count). The average molecular weight is 469 g/mol. The van der Waals surface area contributed by atoms with E-state index in [1.165, 1.54) is 13.1 Å². The first-order valence-corrected chi connectivity index (χ1v) is 13.0. The van der Waals surface area contributed by atoms with Gasteiger partial charge in [-0.2, -0.15) is 0 Å². The molecule has 1 heterocycles. The molecule has 6 heteroatoms. The molecule has 2 amide bonds. The van der Waals surface area contributed by atoms with Gasteiger partial charge < -0.3 is 15.1 Å². The summed E-state index contributed by atoms with van der Waals surface area (Å²) in [6.07, 6.45) is 0.958. The van der Waals surface area contributed by atoms with Crippen LogP contribution in [0.5, 0.6) is 0 Å². The number of hydrogen-bond donors (Lipinski definition) is 2. The number of benzene rings is 2. The molecule has 178 valence electrons. The number of amides is 2. The van der Waals surface area contributed by atoms with Crippen molar-refractivity contribution >= 4 is 29.3 Å². The van der Waals surface area contributed by atoms with Crippen molar-refractivity contribution in [2.75, 3.05) is 36.8 Å². The molecule has 33 heavy (non-hydrogen) atoms. The van der Waals surface area contributed by atoms with Crippen LogP contribution < -0.4 is 15.1 Å². The van der Waals surface area contributed by atoms with Crippen LogP contribution in [0.25, 0.3) is 0 Å². The maximum absolute atomic E-state index is 12.8. The molecule has 1 aliphatic rings. The lowest BCUT2D eigenvalue weighted by Crippen LogP contribution is -3.13. The summed E-state index contributed by atoms with van der Waals surface area (Å²) in [6.45, 7) is 13.6. The van der Waals surface area contributed by atoms with Gasteiger partial charge in [0.05, 0.1) is 37.6 Å². The molecule has 0 radical (unpaired) electrons. The van der Waals surface area contributed by atoms with Gasteiger partial charge >= 0.3 is 0 Å². The Labute approximate surface area is 202 Å². The van der Waals surface area contributed by atoms with Gasteiger partial charge in [0.1, 0.15) is 0 Å². The minimum atomic E-state index is -0.0743. The molecule has 1 aliphatic heterocycles. The number of thioether (sulfide) groups is 1. The van der Waals surface area contributed by atoms with Gasteiger partial charge in [-0.15, -0.1) is 11.8 Å². The first kappa shape index (κ1) is 25.3. The van der Waals surface area contributed by atoms with Gasteiger partial charge in [-0.1, -0.05) is 58.0 Å². The molecule has 0 saturated carbocycles. The predicted octanol–water partition coefficient (Wildman–Crippen LogP) is 3.64. The number of nitrogens with zero attached hydrogens (tertiary/aromatic N) is 1. The lowest BCUT2D eigenvalue weighted by Gasteiger charge is -2.29. The first-order chi connectivity index (χ1) is 15.8. The summed E-state index contributed by atoms with van der Waals surface area (Å²) >= 11 is 1.54. The third-order valence-electron chi connectivity index (χ3n) is 5.73. The Kier molecular flexibility index (Phi) is 9.39. The van der Waals surface area contributed by atoms with E-state index in [0.29, 0.717) is 36.2 Å². The SMILES string of the molecule is CC(C)C[NH+](CCCNC(=O)c1ccc2c(c1)N(Cc1ccccc1)C(=O)CS2)CC(C)C. The van der Waals surface area contributed by atoms with Crippen molar-refractivity contribution in [2.24, 2.45) is 11.8 Å². The summed E-state index contributed by atoms with van der Waals surface area (Å²) in [7, 11) is 0. The number of quaternary nitrogens is 1. The second-order valence-corrected chi connectivity index (χ2v) is 10.8. The van der Waals surface area contributed by atoms with Gasteiger partial charge in [0, 0.05) is 35.3 Å². The molecule has 2 aromatic rings. The fraction of sp³-hybridized carbons (Fsp3) is 0.481. The highest BCUT2D eigenvalue weighted by Gasteiger charge is 2.26. The van der Waals surface area contributed by atoms with Gasteiger partial charge in [-0.05, 0) is 23.8 Å². The summed E-state index contributed by atoms with van der Waals surface area (Å²) < 4.78 is 0. The highest BCUT2D eigenvalue weighted by molar-refractivity contribution is 8.00. The number of carbonyl (C=O) groups is 2. The van der Waals surface area contributed by atoms with Gasteiger partial charge in [-0.3, -0.25) is 9.59 Å². The Morgan fingerprint density at radius 3 is 2.42 bits per heavy atom. The molecule has 5 nitrogen and oxygen atoms in total. The Morgan fingerprint density at radius 2 is 1.76 bits per heavy atom. The number of fused-ring (bicyclic) bond motifs is 1. The van der Waals surface area contributed by atoms with E-state index in [1.54, 1.807) is 21.6 Å². The normalized spacial score (nSPS) is 13.7. The maximum atomic E-state index is 12.8. The largest absolute Gasteiger partial charge is 0.352 e. The third-order valence-corrected chi connectivity index (χ3v) is 6.78. The van der Waals surface area contributed by atoms with Gasteiger partial charge in [0.15, 0.2) is 0 Å². The second kappa shape index (κ2) is 12.2. The standard InChI is InChI=1S/C27H37N3O2S/c1-20(2)16-29(17-21(3)4)14-8-13-28-27(32)23-11-12-25-24(15-23)30(26(31)19-33-25)18-22-9-6-5-7-10-22/h5-7,9-12,15,20-21H,8,13-14,16-19H2,1-4H3,(H,28,32)/p+1. The Morgan fingerprint density at radius 1 is 1.06 bits per heavy atom. The monoisotopic (exact) mass is 468 g/mol. The van der Waals surface area contributed by atoms with Crippen LogP contribution in [0.15, 0.2) is 53.4 Å². The average Bonchev–Trinajstić information content (AvgIpc) is 2.78. The van der Waals surface area contributed by atoms with E-state index in [9.17, 15) is 9.59 Å². The van der Waals surface area contributed by atoms with Crippen LogP contribution in [0.4, 0.5) is 5.69 Å². The quantitative estimate of drug-likeness (QED) is 0.495. The number of hydrogen-bond acceptors (Lipinski definition) is 3. The fourth-order valence-electron chi connectivity index (χ4n) is 4.37. The van der Waals surface area contributed by atoms with E-state index in [0.717, 1.165) is 29.1 Å². The summed E-state index contributed by atoms with van der Waals surface area (Å²) in [5.74, 6) is 1.77. The molecule has 2 aromatic carbocycles. The van der Waals surface area contributed by atoms with Crippen molar-refractivity contribution in [1.82, 2.24) is 5.32 Å². The molecule has 0 spiro atoms. The summed E-state index contributed by atoms with van der Waals surface area (Å²) in [6, 6.07) is 15.7. The molecule has 0 fully saturated rings. The van der Waals surface area contributed by atoms with E-state index in [1.807, 2.05) is 48.5 Å². The molecule has 0 aromatic heterocycles. The van der Waals surface area contributed by atoms with Crippen LogP contribution in [-0.2, 0) is 11.3 Å². The lowest BCUT2D eigenvalue weighted by molar-refractivity contribution is -0.906. The molecule has 2 N–H and O–H groups in total. The maximum Gasteiger partial charge on any atom is 0.251 e. The second-order valence-electron chi connectivity index (χ2n) is 9.74. The Bertz CT molecular complexity index is 920. The highest BCUT2D eigenvalue weighted by Crippen LogP contribution is 2.36. The summed E-state index contributed by atoms with van der Waals surface area (Å²) in [5.41, 5.74) is 2.52. The van der Waals surface area contributed by atoms with Crippen molar-refractivity contribution < 1.29 is 14.5 Å². The number of anilines is 1. The third kappa shape index (κ3) is 7.61. The number of carbonyl (C=O) groups excluding carboxylic acids is 2. The van der Waals surface area contributed by atoms with Crippen LogP contribution >= 0.6 is 11.8 Å². The predicted molar refractivity (Wildman–Crippen MR) is 137 cm³/mol. The molecule has 0 saturated heterocycles. The van der Waals surface area contributed by atoms with Crippen molar-refractivity contribution in [2.45, 2.75) is 45.6 Å². The minimum Gasteiger partial charge on any atom is -0.352 e. The summed E-state index contributed by atoms with van der Waals surface area (Å²) in [4.78, 5) is 30.0. The van der Waals surface area contributed by atoms with Crippen LogP contribution in [0.3, 0.4) is 0 Å². The van der Waals surface area contributed by atoms with Crippen LogP contribution in [-0.4, -0.2) is 43.7 Å². The van der Waals surface area contributed by atoms with E-state index in [-0.39, 0.29) is 11.8 Å². The topological polar surface area (TPSA) is 53.9 Å². The van der Waals surface area contributed by atoms with Crippen molar-refractivity contribution in [1.29, 1.82) is 0 Å². The van der Waals surface area contributed by atoms with E-state index in [4.69, 9.17) is 0 Å². The van der Waals surface area contributed by atoms with Gasteiger partial charge in [0.2, 0.25) is 5.91 Å². The molecule has 0 atom stereocenters. The van der Waals surface area contributed by atoms with E-state index >= 15 is 0 Å². The fourth-order valence-corrected chi connectivity index (χ4v) is 5.28. The molecule has 0 bridgehead atoms. The van der Waals surface area contributed by atoms with Crippen molar-refractivity contribution in [3.8, 4) is 0 Å². The lowest BCUT2D eigenvalue weighted by atomic mass is 10.1. The number of rotatable bonds is 11. The van der Waals surface area contributed by atoms with Crippen LogP contribution in [0.1, 0.15) is 50.0 Å². The van der Waals surface area contributed by atoms with E-state index in [2.05, 4.69) is 33.0 Å². The molecule has 0 aliphatic carbocycles. The first-order valence-electron chi connectivity index (χ1n) is 12.1. The minimum absolute atomic E-state index is 0.0743. The van der Waals surface area contributed by atoms with Crippen LogP contribution in [0, 0.1) is 11.8 Å². The zero-order valence-electron chi connectivity index (χ0n) is 20.4. The molecular weight excluding hydrogens is 430 g/mol. The zero-order chi connectivity index (χ0) is 23.8. The molecular formula is C27H38N3O2S+. The van der Waals surface area contributed by atoms with Gasteiger partial charge in [0.25, 0.3) is 5.91 Å². The number of nitrogens with one attached hydrogen (secondary N) is 2. The summed E-state index contributed by atoms with van der Waals surface area (Å²) in [5, 5.41) is 3.08. The highest BCUT2D eigenvalue weighted by atomic mass is 32.2. The Hall–Kier alpha value is -2.31. The Balaban J connectivity index is 1.61. The van der Waals surface area contributed by atoms with Crippen molar-refractivity contribution in [3.63, 3.8) is 0 Å². The van der Waals surface area contributed by atoms with Crippen LogP contribution in [0.2, 0.25) is 0 Å².